The lowest BCUT2D eigenvalue weighted by Gasteiger charge is -1.91. The molecule has 14 heavy (non-hydrogen) atoms. The van der Waals surface area contributed by atoms with E-state index in [1.165, 1.54) is 10.7 Å². The number of nitrogens with zero attached hydrogens (tertiary/aromatic N) is 3. The molecule has 0 unspecified atom stereocenters. The van der Waals surface area contributed by atoms with E-state index in [0.29, 0.717) is 11.8 Å². The third-order valence-corrected chi connectivity index (χ3v) is 1.84. The predicted molar refractivity (Wildman–Crippen MR) is 51.5 cm³/mol. The summed E-state index contributed by atoms with van der Waals surface area (Å²) in [7, 11) is 1.71. The maximum atomic E-state index is 10.8. The molecule has 0 saturated carbocycles. The molecule has 6 nitrogen and oxygen atoms in total. The average molecular weight is 191 g/mol. The van der Waals surface area contributed by atoms with E-state index >= 15 is 0 Å². The zero-order chi connectivity index (χ0) is 10.1. The van der Waals surface area contributed by atoms with Crippen LogP contribution in [0.15, 0.2) is 23.1 Å². The number of rotatable bonds is 1. The fourth-order valence-electron chi connectivity index (χ4n) is 1.07. The molecule has 0 radical (unpaired) electrons. The van der Waals surface area contributed by atoms with Crippen molar-refractivity contribution in [3.05, 3.63) is 28.7 Å². The molecule has 0 bridgehead atoms. The van der Waals surface area contributed by atoms with Gasteiger partial charge in [-0.15, -0.1) is 5.10 Å². The highest BCUT2D eigenvalue weighted by Gasteiger charge is 2.05. The number of hydrogen-bond donors (Lipinski definition) is 2. The maximum Gasteiger partial charge on any atom is 0.247 e. The molecule has 2 aromatic heterocycles. The highest BCUT2D eigenvalue weighted by atomic mass is 16.1. The average Bonchev–Trinajstić information content (AvgIpc) is 2.48. The summed E-state index contributed by atoms with van der Waals surface area (Å²) in [5.74, 6) is 0.840. The third-order valence-electron chi connectivity index (χ3n) is 1.84. The number of H-pyrrole nitrogens is 1. The van der Waals surface area contributed by atoms with Crippen LogP contribution in [0.4, 0.5) is 5.95 Å². The largest absolute Gasteiger partial charge is 0.368 e. The Bertz CT molecular complexity index is 473. The lowest BCUT2D eigenvalue weighted by atomic mass is 10.3. The lowest BCUT2D eigenvalue weighted by Crippen LogP contribution is -2.01. The van der Waals surface area contributed by atoms with Gasteiger partial charge in [0.15, 0.2) is 5.82 Å². The van der Waals surface area contributed by atoms with Crippen LogP contribution in [-0.2, 0) is 7.05 Å². The zero-order valence-electron chi connectivity index (χ0n) is 7.56. The van der Waals surface area contributed by atoms with Crippen molar-refractivity contribution < 1.29 is 0 Å². The molecular weight excluding hydrogens is 182 g/mol. The number of nitrogens with one attached hydrogen (secondary N) is 1. The fourth-order valence-corrected chi connectivity index (χ4v) is 1.07. The Morgan fingerprint density at radius 1 is 1.50 bits per heavy atom. The molecule has 3 N–H and O–H groups in total. The van der Waals surface area contributed by atoms with Gasteiger partial charge < -0.3 is 10.7 Å². The lowest BCUT2D eigenvalue weighted by molar-refractivity contribution is 0.780. The van der Waals surface area contributed by atoms with Gasteiger partial charge in [0.1, 0.15) is 0 Å². The number of pyridine rings is 1. The normalized spacial score (nSPS) is 10.4. The minimum atomic E-state index is -0.155. The molecule has 2 rings (SSSR count). The molecule has 6 heteroatoms. The molecule has 72 valence electrons. The van der Waals surface area contributed by atoms with Crippen LogP contribution in [0.2, 0.25) is 0 Å². The topological polar surface area (TPSA) is 89.6 Å². The van der Waals surface area contributed by atoms with Gasteiger partial charge in [-0.2, -0.15) is 4.98 Å². The quantitative estimate of drug-likeness (QED) is 0.650. The molecule has 0 aromatic carbocycles. The zero-order valence-corrected chi connectivity index (χ0v) is 7.56. The van der Waals surface area contributed by atoms with E-state index in [1.54, 1.807) is 19.3 Å². The van der Waals surface area contributed by atoms with Crippen molar-refractivity contribution in [2.24, 2.45) is 7.05 Å². The van der Waals surface area contributed by atoms with Crippen molar-refractivity contribution in [1.82, 2.24) is 19.7 Å². The van der Waals surface area contributed by atoms with Crippen LogP contribution in [0, 0.1) is 0 Å². The highest BCUT2D eigenvalue weighted by molar-refractivity contribution is 5.53. The van der Waals surface area contributed by atoms with Crippen LogP contribution in [0.25, 0.3) is 11.4 Å². The van der Waals surface area contributed by atoms with Crippen molar-refractivity contribution in [2.75, 3.05) is 5.73 Å². The fraction of sp³-hybridized carbons (Fsp3) is 0.125. The van der Waals surface area contributed by atoms with Gasteiger partial charge in [-0.05, 0) is 6.07 Å². The van der Waals surface area contributed by atoms with Crippen LogP contribution < -0.4 is 11.3 Å². The Kier molecular flexibility index (Phi) is 1.81. The van der Waals surface area contributed by atoms with Crippen molar-refractivity contribution in [3.8, 4) is 11.4 Å². The molecule has 0 fully saturated rings. The van der Waals surface area contributed by atoms with Crippen LogP contribution in [-0.4, -0.2) is 19.7 Å². The van der Waals surface area contributed by atoms with Gasteiger partial charge in [0.05, 0.1) is 0 Å². The molecule has 0 spiro atoms. The minimum Gasteiger partial charge on any atom is -0.368 e. The van der Waals surface area contributed by atoms with Gasteiger partial charge in [-0.1, -0.05) is 0 Å². The van der Waals surface area contributed by atoms with Gasteiger partial charge in [0, 0.05) is 24.9 Å². The van der Waals surface area contributed by atoms with E-state index in [-0.39, 0.29) is 5.56 Å². The van der Waals surface area contributed by atoms with Gasteiger partial charge in [0.2, 0.25) is 11.5 Å². The standard InChI is InChI=1S/C8H9N5O/c1-13-8(9)11-7(12-13)5-2-3-6(14)10-4-5/h2-4H,1H3,(H,10,14)(H2,9,11,12). The first-order valence-corrected chi connectivity index (χ1v) is 4.02. The summed E-state index contributed by atoms with van der Waals surface area (Å²) in [5.41, 5.74) is 6.10. The first-order chi connectivity index (χ1) is 6.66. The molecule has 0 aliphatic carbocycles. The maximum absolute atomic E-state index is 10.8. The molecule has 2 aromatic rings. The van der Waals surface area contributed by atoms with Gasteiger partial charge in [0.25, 0.3) is 0 Å². The molecule has 0 atom stereocenters. The molecule has 0 aliphatic rings. The molecule has 2 heterocycles. The van der Waals surface area contributed by atoms with Gasteiger partial charge in [-0.25, -0.2) is 4.68 Å². The second kappa shape index (κ2) is 2.99. The number of aromatic nitrogens is 4. The van der Waals surface area contributed by atoms with Crippen LogP contribution in [0.3, 0.4) is 0 Å². The second-order valence-corrected chi connectivity index (χ2v) is 2.86. The predicted octanol–water partition coefficient (Wildman–Crippen LogP) is -0.247. The Balaban J connectivity index is 2.49. The van der Waals surface area contributed by atoms with Crippen molar-refractivity contribution in [1.29, 1.82) is 0 Å². The number of aryl methyl sites for hydroxylation is 1. The van der Waals surface area contributed by atoms with Crippen LogP contribution in [0.1, 0.15) is 0 Å². The summed E-state index contributed by atoms with van der Waals surface area (Å²) >= 11 is 0. The number of nitrogens with two attached hydrogens (primary N) is 1. The number of hydrogen-bond acceptors (Lipinski definition) is 4. The first-order valence-electron chi connectivity index (χ1n) is 4.02. The summed E-state index contributed by atoms with van der Waals surface area (Å²) in [6.45, 7) is 0. The summed E-state index contributed by atoms with van der Waals surface area (Å²) in [6, 6.07) is 3.06. The van der Waals surface area contributed by atoms with E-state index in [0.717, 1.165) is 5.56 Å². The van der Waals surface area contributed by atoms with Crippen LogP contribution in [0.5, 0.6) is 0 Å². The van der Waals surface area contributed by atoms with E-state index in [4.69, 9.17) is 5.73 Å². The van der Waals surface area contributed by atoms with Crippen molar-refractivity contribution in [3.63, 3.8) is 0 Å². The first kappa shape index (κ1) is 8.49. The third kappa shape index (κ3) is 1.37. The summed E-state index contributed by atoms with van der Waals surface area (Å²) < 4.78 is 1.47. The number of nitrogen functional groups attached to an aromatic ring is 1. The molecule has 0 saturated heterocycles. The smallest absolute Gasteiger partial charge is 0.247 e. The SMILES string of the molecule is Cn1nc(-c2ccc(=O)[nH]c2)nc1N. The summed E-state index contributed by atoms with van der Waals surface area (Å²) in [4.78, 5) is 17.4. The van der Waals surface area contributed by atoms with Crippen molar-refractivity contribution in [2.45, 2.75) is 0 Å². The second-order valence-electron chi connectivity index (χ2n) is 2.86. The van der Waals surface area contributed by atoms with E-state index < -0.39 is 0 Å². The number of anilines is 1. The Labute approximate surface area is 79.4 Å². The Morgan fingerprint density at radius 3 is 2.79 bits per heavy atom. The Morgan fingerprint density at radius 2 is 2.29 bits per heavy atom. The molecular formula is C8H9N5O. The minimum absolute atomic E-state index is 0.155. The molecule has 0 amide bonds. The molecule has 0 aliphatic heterocycles. The summed E-state index contributed by atoms with van der Waals surface area (Å²) in [5, 5.41) is 4.07. The highest BCUT2D eigenvalue weighted by Crippen LogP contribution is 2.12. The van der Waals surface area contributed by atoms with Gasteiger partial charge >= 0.3 is 0 Å². The van der Waals surface area contributed by atoms with Gasteiger partial charge in [-0.3, -0.25) is 4.79 Å². The number of aromatic amines is 1. The van der Waals surface area contributed by atoms with Crippen molar-refractivity contribution >= 4 is 5.95 Å². The van der Waals surface area contributed by atoms with E-state index in [1.807, 2.05) is 0 Å². The van der Waals surface area contributed by atoms with E-state index in [9.17, 15) is 4.79 Å². The van der Waals surface area contributed by atoms with E-state index in [2.05, 4.69) is 15.1 Å². The summed E-state index contributed by atoms with van der Waals surface area (Å²) in [6.07, 6.45) is 1.55. The monoisotopic (exact) mass is 191 g/mol. The Hall–Kier alpha value is -2.11. The van der Waals surface area contributed by atoms with Crippen LogP contribution >= 0.6 is 0 Å².